The molecule has 0 aromatic heterocycles. The van der Waals surface area contributed by atoms with Gasteiger partial charge < -0.3 is 0 Å². The summed E-state index contributed by atoms with van der Waals surface area (Å²) >= 11 is 0. The zero-order valence-electron chi connectivity index (χ0n) is 9.36. The molecular weight excluding hydrogens is 245 g/mol. The van der Waals surface area contributed by atoms with Gasteiger partial charge in [0.05, 0.1) is 11.6 Å². The third-order valence-corrected chi connectivity index (χ3v) is 3.37. The van der Waals surface area contributed by atoms with Gasteiger partial charge in [-0.1, -0.05) is 18.2 Å². The van der Waals surface area contributed by atoms with E-state index in [0.717, 1.165) is 15.7 Å². The Labute approximate surface area is 97.8 Å². The van der Waals surface area contributed by atoms with Gasteiger partial charge in [-0.25, -0.2) is 4.57 Å². The number of hydroxylamine groups is 1. The monoisotopic (exact) mass is 257 g/mol. The van der Waals surface area contributed by atoms with E-state index in [-0.39, 0.29) is 0 Å². The van der Waals surface area contributed by atoms with Crippen molar-refractivity contribution in [3.05, 3.63) is 34.8 Å². The molecule has 8 heteroatoms. The van der Waals surface area contributed by atoms with Gasteiger partial charge in [0.25, 0.3) is 0 Å². The Balaban J connectivity index is 2.23. The Kier molecular flexibility index (Phi) is 3.44. The predicted molar refractivity (Wildman–Crippen MR) is 59.4 cm³/mol. The molecule has 92 valence electrons. The normalized spacial score (nSPS) is 14.4. The molecule has 1 N–H and O–H groups in total. The highest BCUT2D eigenvalue weighted by molar-refractivity contribution is 7.48. The van der Waals surface area contributed by atoms with Crippen LogP contribution in [0.5, 0.6) is 0 Å². The molecule has 0 spiro atoms. The molecule has 0 radical (unpaired) electrons. The van der Waals surface area contributed by atoms with Gasteiger partial charge in [0.15, 0.2) is 0 Å². The summed E-state index contributed by atoms with van der Waals surface area (Å²) in [5, 5.41) is 6.68. The molecule has 0 fully saturated rings. The van der Waals surface area contributed by atoms with E-state index < -0.39 is 7.82 Å². The third kappa shape index (κ3) is 2.65. The Morgan fingerprint density at radius 2 is 2.00 bits per heavy atom. The lowest BCUT2D eigenvalue weighted by molar-refractivity contribution is -0.0706. The number of para-hydroxylation sites is 1. The maximum atomic E-state index is 11.7. The van der Waals surface area contributed by atoms with Crippen molar-refractivity contribution in [1.29, 1.82) is 0 Å². The first-order chi connectivity index (χ1) is 8.17. The number of hydrogen-bond donors (Lipinski definition) is 1. The van der Waals surface area contributed by atoms with Gasteiger partial charge in [0.1, 0.15) is 0 Å². The quantitative estimate of drug-likeness (QED) is 0.772. The fraction of sp³-hybridized carbons (Fsp3) is 0.222. The van der Waals surface area contributed by atoms with Crippen LogP contribution in [0.3, 0.4) is 0 Å². The smallest absolute Gasteiger partial charge is 0.289 e. The van der Waals surface area contributed by atoms with Crippen LogP contribution >= 0.6 is 7.82 Å². The summed E-state index contributed by atoms with van der Waals surface area (Å²) in [6.45, 7) is 0. The molecule has 0 atom stereocenters. The number of phosphoric ester groups is 1. The van der Waals surface area contributed by atoms with Gasteiger partial charge in [-0.2, -0.15) is 10.6 Å². The maximum absolute atomic E-state index is 11.7. The van der Waals surface area contributed by atoms with Gasteiger partial charge in [0.2, 0.25) is 0 Å². The van der Waals surface area contributed by atoms with Crippen molar-refractivity contribution in [2.45, 2.75) is 0 Å². The maximum Gasteiger partial charge on any atom is 0.497 e. The number of hydrazine groups is 1. The number of nitrogens with zero attached hydrogens (tertiary/aromatic N) is 2. The van der Waals surface area contributed by atoms with Gasteiger partial charge >= 0.3 is 7.82 Å². The van der Waals surface area contributed by atoms with E-state index in [4.69, 9.17) is 4.62 Å². The molecule has 0 unspecified atom stereocenters. The van der Waals surface area contributed by atoms with Crippen molar-refractivity contribution in [2.24, 2.45) is 5.10 Å². The number of fused-ring (bicyclic) bond motifs is 1. The fourth-order valence-corrected chi connectivity index (χ4v) is 1.83. The Hall–Kier alpha value is -1.40. The third-order valence-electron chi connectivity index (χ3n) is 2.10. The molecule has 1 aliphatic heterocycles. The van der Waals surface area contributed by atoms with Crippen LogP contribution in [-0.4, -0.2) is 19.4 Å². The van der Waals surface area contributed by atoms with Crippen molar-refractivity contribution in [3.8, 4) is 0 Å². The molecule has 1 heterocycles. The number of hydrogen-bond acceptors (Lipinski definition) is 7. The molecular formula is C9H12N3O4P. The van der Waals surface area contributed by atoms with Gasteiger partial charge in [-0.15, -0.1) is 9.80 Å². The Bertz CT molecular complexity index is 554. The molecule has 1 aromatic rings. The highest BCUT2D eigenvalue weighted by Crippen LogP contribution is 2.48. The van der Waals surface area contributed by atoms with E-state index in [9.17, 15) is 4.57 Å². The lowest BCUT2D eigenvalue weighted by Gasteiger charge is -2.23. The van der Waals surface area contributed by atoms with E-state index in [2.05, 4.69) is 19.7 Å². The number of benzene rings is 1. The fourth-order valence-electron chi connectivity index (χ4n) is 1.25. The van der Waals surface area contributed by atoms with E-state index in [0.29, 0.717) is 0 Å². The molecule has 17 heavy (non-hydrogen) atoms. The van der Waals surface area contributed by atoms with Crippen LogP contribution < -0.4 is 16.1 Å². The van der Waals surface area contributed by atoms with E-state index in [1.807, 2.05) is 24.3 Å². The van der Waals surface area contributed by atoms with Gasteiger partial charge in [-0.05, 0) is 6.07 Å². The van der Waals surface area contributed by atoms with Crippen LogP contribution in [0, 0.1) is 0 Å². The van der Waals surface area contributed by atoms with Crippen molar-refractivity contribution >= 4 is 14.0 Å². The minimum Gasteiger partial charge on any atom is -0.289 e. The summed E-state index contributed by atoms with van der Waals surface area (Å²) in [6, 6.07) is 7.41. The topological polar surface area (TPSA) is 72.4 Å². The van der Waals surface area contributed by atoms with E-state index >= 15 is 0 Å². The van der Waals surface area contributed by atoms with Gasteiger partial charge in [-0.3, -0.25) is 9.05 Å². The molecule has 0 aliphatic carbocycles. The minimum absolute atomic E-state index is 0.761. The highest BCUT2D eigenvalue weighted by Gasteiger charge is 2.27. The van der Waals surface area contributed by atoms with Crippen LogP contribution in [0.1, 0.15) is 0 Å². The zero-order chi connectivity index (χ0) is 12.3. The molecule has 0 saturated heterocycles. The SMILES string of the molecule is COP(=O)(OC)ON1C=c2ccccc2=NN1. The van der Waals surface area contributed by atoms with Crippen molar-refractivity contribution < 1.29 is 18.2 Å². The molecule has 0 amide bonds. The lowest BCUT2D eigenvalue weighted by Crippen LogP contribution is -2.41. The molecule has 1 aliphatic rings. The zero-order valence-corrected chi connectivity index (χ0v) is 10.3. The van der Waals surface area contributed by atoms with E-state index in [1.165, 1.54) is 14.2 Å². The summed E-state index contributed by atoms with van der Waals surface area (Å²) in [4.78, 5) is 0. The minimum atomic E-state index is -3.59. The Morgan fingerprint density at radius 3 is 2.71 bits per heavy atom. The van der Waals surface area contributed by atoms with Crippen molar-refractivity contribution in [1.82, 2.24) is 10.7 Å². The predicted octanol–water partition coefficient (Wildman–Crippen LogP) is 0.112. The summed E-state index contributed by atoms with van der Waals surface area (Å²) in [5.41, 5.74) is 2.55. The van der Waals surface area contributed by atoms with Gasteiger partial charge in [0, 0.05) is 19.4 Å². The summed E-state index contributed by atoms with van der Waals surface area (Å²) in [5.74, 6) is 0. The second-order valence-electron chi connectivity index (χ2n) is 3.12. The molecule has 2 rings (SSSR count). The lowest BCUT2D eigenvalue weighted by atomic mass is 10.3. The summed E-state index contributed by atoms with van der Waals surface area (Å²) in [7, 11) is -1.12. The molecule has 0 saturated carbocycles. The second-order valence-corrected chi connectivity index (χ2v) is 4.91. The standard InChI is InChI=1S/C9H12N3O4P/c1-14-17(13,15-2)16-12-7-8-5-3-4-6-9(8)10-11-12/h3-7,11H,1-2H3. The second kappa shape index (κ2) is 4.85. The molecule has 1 aromatic carbocycles. The van der Waals surface area contributed by atoms with Crippen LogP contribution in [-0.2, 0) is 18.2 Å². The largest absolute Gasteiger partial charge is 0.497 e. The summed E-state index contributed by atoms with van der Waals surface area (Å²) < 4.78 is 26.0. The highest BCUT2D eigenvalue weighted by atomic mass is 31.2. The first-order valence-electron chi connectivity index (χ1n) is 4.77. The average Bonchev–Trinajstić information content (AvgIpc) is 2.38. The van der Waals surface area contributed by atoms with Crippen LogP contribution in [0.25, 0.3) is 6.20 Å². The van der Waals surface area contributed by atoms with Crippen molar-refractivity contribution in [3.63, 3.8) is 0 Å². The van der Waals surface area contributed by atoms with Crippen LogP contribution in [0.4, 0.5) is 0 Å². The van der Waals surface area contributed by atoms with Crippen molar-refractivity contribution in [2.75, 3.05) is 14.2 Å². The Morgan fingerprint density at radius 1 is 1.29 bits per heavy atom. The molecule has 0 bridgehead atoms. The number of phosphoric acid groups is 1. The van der Waals surface area contributed by atoms with E-state index in [1.54, 1.807) is 6.20 Å². The number of rotatable bonds is 4. The number of nitrogens with one attached hydrogen (secondary N) is 1. The first kappa shape index (κ1) is 12.1. The van der Waals surface area contributed by atoms with Crippen LogP contribution in [0.15, 0.2) is 29.4 Å². The van der Waals surface area contributed by atoms with Crippen LogP contribution in [0.2, 0.25) is 0 Å². The first-order valence-corrected chi connectivity index (χ1v) is 6.24. The summed E-state index contributed by atoms with van der Waals surface area (Å²) in [6.07, 6.45) is 1.59. The molecule has 7 nitrogen and oxygen atoms in total. The average molecular weight is 257 g/mol.